The zero-order valence-corrected chi connectivity index (χ0v) is 15.1. The van der Waals surface area contributed by atoms with Crippen LogP contribution in [0, 0.1) is 13.8 Å². The van der Waals surface area contributed by atoms with Crippen molar-refractivity contribution in [3.05, 3.63) is 59.2 Å². The van der Waals surface area contributed by atoms with Crippen molar-refractivity contribution in [2.75, 3.05) is 6.61 Å². The van der Waals surface area contributed by atoms with Gasteiger partial charge in [-0.25, -0.2) is 0 Å². The van der Waals surface area contributed by atoms with Crippen molar-refractivity contribution in [1.29, 1.82) is 0 Å². The Hall–Kier alpha value is -1.70. The highest BCUT2D eigenvalue weighted by Crippen LogP contribution is 2.20. The predicted octanol–water partition coefficient (Wildman–Crippen LogP) is 4.21. The molecule has 122 valence electrons. The van der Waals surface area contributed by atoms with Gasteiger partial charge in [0.15, 0.2) is 6.10 Å². The van der Waals surface area contributed by atoms with Gasteiger partial charge in [0.1, 0.15) is 5.75 Å². The van der Waals surface area contributed by atoms with Gasteiger partial charge in [-0.2, -0.15) is 0 Å². The number of benzene rings is 2. The summed E-state index contributed by atoms with van der Waals surface area (Å²) in [5.41, 5.74) is 2.73. The lowest BCUT2D eigenvalue weighted by Crippen LogP contribution is -2.25. The lowest BCUT2D eigenvalue weighted by atomic mass is 9.97. The fraction of sp³-hybridized carbons (Fsp3) is 0.316. The minimum Gasteiger partial charge on any atom is -0.483 e. The normalized spacial score (nSPS) is 12.5. The van der Waals surface area contributed by atoms with Gasteiger partial charge in [0.2, 0.25) is 5.78 Å². The van der Waals surface area contributed by atoms with Crippen molar-refractivity contribution in [3.8, 4) is 5.75 Å². The summed E-state index contributed by atoms with van der Waals surface area (Å²) in [6.45, 7) is 8.39. The van der Waals surface area contributed by atoms with Crippen molar-refractivity contribution in [3.63, 3.8) is 0 Å². The van der Waals surface area contributed by atoms with Crippen LogP contribution in [-0.2, 0) is 4.52 Å². The number of aryl methyl sites for hydroxylation is 2. The average molecular weight is 330 g/mol. The minimum atomic E-state index is -0.519. The maximum absolute atomic E-state index is 12.7. The van der Waals surface area contributed by atoms with Gasteiger partial charge < -0.3 is 9.26 Å². The monoisotopic (exact) mass is 330 g/mol. The molecule has 0 N–H and O–H groups in total. The fourth-order valence-electron chi connectivity index (χ4n) is 2.42. The topological polar surface area (TPSA) is 35.5 Å². The highest BCUT2D eigenvalue weighted by Gasteiger charge is 2.20. The lowest BCUT2D eigenvalue weighted by Gasteiger charge is -2.16. The summed E-state index contributed by atoms with van der Waals surface area (Å²) >= 11 is 0. The number of hydrogen-bond acceptors (Lipinski definition) is 3. The van der Waals surface area contributed by atoms with E-state index in [0.29, 0.717) is 21.2 Å². The first-order valence-corrected chi connectivity index (χ1v) is 8.68. The molecule has 23 heavy (non-hydrogen) atoms. The zero-order chi connectivity index (χ0) is 16.8. The van der Waals surface area contributed by atoms with Crippen molar-refractivity contribution in [2.24, 2.45) is 0 Å². The van der Waals surface area contributed by atoms with Gasteiger partial charge >= 0.3 is 0 Å². The van der Waals surface area contributed by atoms with Crippen LogP contribution in [0.5, 0.6) is 5.75 Å². The van der Waals surface area contributed by atoms with Gasteiger partial charge in [-0.15, -0.1) is 0 Å². The summed E-state index contributed by atoms with van der Waals surface area (Å²) in [5, 5.41) is 1.12. The molecule has 0 radical (unpaired) electrons. The van der Waals surface area contributed by atoms with Crippen LogP contribution in [0.1, 0.15) is 35.3 Å². The van der Waals surface area contributed by atoms with Crippen LogP contribution in [0.15, 0.2) is 42.5 Å². The number of ether oxygens (including phenoxy) is 1. The van der Waals surface area contributed by atoms with E-state index >= 15 is 0 Å². The molecule has 0 aromatic heterocycles. The summed E-state index contributed by atoms with van der Waals surface area (Å²) in [5.74, 6) is 0.711. The Kier molecular flexibility index (Phi) is 6.32. The van der Waals surface area contributed by atoms with Gasteiger partial charge in [-0.1, -0.05) is 18.2 Å². The van der Waals surface area contributed by atoms with Crippen LogP contribution >= 0.6 is 8.81 Å². The van der Waals surface area contributed by atoms with E-state index in [1.54, 1.807) is 6.92 Å². The fourth-order valence-corrected chi connectivity index (χ4v) is 3.03. The maximum Gasteiger partial charge on any atom is 0.203 e. The SMILES string of the molecule is CCOPc1ccc(OC(C)C(=O)c2c(C)cccc2C)cc1. The third kappa shape index (κ3) is 4.63. The molecular formula is C19H23O3P. The Labute approximate surface area is 139 Å². The van der Waals surface area contributed by atoms with Crippen LogP contribution in [-0.4, -0.2) is 18.5 Å². The van der Waals surface area contributed by atoms with Gasteiger partial charge in [-0.3, -0.25) is 4.79 Å². The summed E-state index contributed by atoms with van der Waals surface area (Å²) < 4.78 is 11.2. The average Bonchev–Trinajstić information content (AvgIpc) is 2.54. The van der Waals surface area contributed by atoms with E-state index in [1.807, 2.05) is 63.2 Å². The molecule has 3 nitrogen and oxygen atoms in total. The molecule has 2 aromatic rings. The lowest BCUT2D eigenvalue weighted by molar-refractivity contribution is 0.0817. The van der Waals surface area contributed by atoms with E-state index in [9.17, 15) is 4.79 Å². The summed E-state index contributed by atoms with van der Waals surface area (Å²) in [7, 11) is 0.344. The van der Waals surface area contributed by atoms with Crippen LogP contribution < -0.4 is 10.0 Å². The molecule has 2 rings (SSSR count). The quantitative estimate of drug-likeness (QED) is 0.563. The largest absolute Gasteiger partial charge is 0.483 e. The molecule has 2 atom stereocenters. The van der Waals surface area contributed by atoms with Crippen LogP contribution in [0.2, 0.25) is 0 Å². The van der Waals surface area contributed by atoms with E-state index in [-0.39, 0.29) is 5.78 Å². The first-order chi connectivity index (χ1) is 11.0. The van der Waals surface area contributed by atoms with E-state index in [1.165, 1.54) is 0 Å². The number of carbonyl (C=O) groups excluding carboxylic acids is 1. The molecule has 0 aliphatic rings. The van der Waals surface area contributed by atoms with Crippen molar-refractivity contribution in [2.45, 2.75) is 33.8 Å². The van der Waals surface area contributed by atoms with Crippen LogP contribution in [0.3, 0.4) is 0 Å². The Morgan fingerprint density at radius 1 is 1.09 bits per heavy atom. The molecule has 0 spiro atoms. The standard InChI is InChI=1S/C19H23O3P/c1-5-21-23-17-11-9-16(10-12-17)22-15(4)19(20)18-13(2)7-6-8-14(18)3/h6-12,15,23H,5H2,1-4H3. The third-order valence-corrected chi connectivity index (χ3v) is 4.60. The van der Waals surface area contributed by atoms with E-state index in [4.69, 9.17) is 9.26 Å². The Balaban J connectivity index is 2.06. The maximum atomic E-state index is 12.7. The summed E-state index contributed by atoms with van der Waals surface area (Å²) in [4.78, 5) is 12.7. The smallest absolute Gasteiger partial charge is 0.203 e. The molecule has 0 heterocycles. The molecule has 2 unspecified atom stereocenters. The predicted molar refractivity (Wildman–Crippen MR) is 96.4 cm³/mol. The first-order valence-electron chi connectivity index (χ1n) is 7.78. The third-order valence-electron chi connectivity index (χ3n) is 3.60. The highest BCUT2D eigenvalue weighted by atomic mass is 31.1. The summed E-state index contributed by atoms with van der Waals surface area (Å²) in [6.07, 6.45) is -0.519. The van der Waals surface area contributed by atoms with Crippen molar-refractivity contribution in [1.82, 2.24) is 0 Å². The molecule has 0 aliphatic carbocycles. The molecule has 0 saturated heterocycles. The second-order valence-corrected chi connectivity index (χ2v) is 6.52. The molecule has 0 aliphatic heterocycles. The zero-order valence-electron chi connectivity index (χ0n) is 14.1. The molecule has 4 heteroatoms. The molecular weight excluding hydrogens is 307 g/mol. The van der Waals surface area contributed by atoms with E-state index in [2.05, 4.69) is 0 Å². The van der Waals surface area contributed by atoms with Crippen LogP contribution in [0.4, 0.5) is 0 Å². The second-order valence-electron chi connectivity index (χ2n) is 5.45. The van der Waals surface area contributed by atoms with Crippen molar-refractivity contribution >= 4 is 19.9 Å². The van der Waals surface area contributed by atoms with E-state index in [0.717, 1.165) is 22.0 Å². The Bertz CT molecular complexity index is 645. The minimum absolute atomic E-state index is 0.0147. The van der Waals surface area contributed by atoms with Crippen molar-refractivity contribution < 1.29 is 14.1 Å². The highest BCUT2D eigenvalue weighted by molar-refractivity contribution is 7.41. The number of rotatable bonds is 7. The Morgan fingerprint density at radius 3 is 2.26 bits per heavy atom. The molecule has 0 bridgehead atoms. The van der Waals surface area contributed by atoms with Gasteiger partial charge in [-0.05, 0) is 68.4 Å². The van der Waals surface area contributed by atoms with Gasteiger partial charge in [0.05, 0.1) is 0 Å². The van der Waals surface area contributed by atoms with Gasteiger partial charge in [0.25, 0.3) is 0 Å². The molecule has 2 aromatic carbocycles. The molecule has 0 amide bonds. The number of carbonyl (C=O) groups is 1. The number of hydrogen-bond donors (Lipinski definition) is 0. The first kappa shape index (κ1) is 17.7. The molecule has 0 fully saturated rings. The number of ketones is 1. The Morgan fingerprint density at radius 2 is 1.70 bits per heavy atom. The second kappa shape index (κ2) is 8.24. The van der Waals surface area contributed by atoms with Gasteiger partial charge in [0, 0.05) is 21.0 Å². The molecule has 0 saturated carbocycles. The van der Waals surface area contributed by atoms with Crippen LogP contribution in [0.25, 0.3) is 0 Å². The summed E-state index contributed by atoms with van der Waals surface area (Å²) in [6, 6.07) is 13.6. The number of Topliss-reactive ketones (excluding diaryl/α,β-unsaturated/α-hetero) is 1. The van der Waals surface area contributed by atoms with E-state index < -0.39 is 6.10 Å².